The van der Waals surface area contributed by atoms with Crippen molar-refractivity contribution in [2.45, 2.75) is 26.9 Å². The van der Waals surface area contributed by atoms with Crippen molar-refractivity contribution in [1.29, 1.82) is 0 Å². The number of hydrogen-bond acceptors (Lipinski definition) is 5. The molecule has 0 radical (unpaired) electrons. The van der Waals surface area contributed by atoms with Gasteiger partial charge in [0.1, 0.15) is 0 Å². The maximum Gasteiger partial charge on any atom is 0.348 e. The van der Waals surface area contributed by atoms with Gasteiger partial charge in [-0.2, -0.15) is 0 Å². The topological polar surface area (TPSA) is 113 Å². The Morgan fingerprint density at radius 2 is 1.09 bits per heavy atom. The number of nitrogens with zero attached hydrogens (tertiary/aromatic N) is 4. The zero-order chi connectivity index (χ0) is 23.0. The van der Waals surface area contributed by atoms with E-state index in [1.54, 1.807) is 0 Å². The quantitative estimate of drug-likeness (QED) is 0.332. The van der Waals surface area contributed by atoms with E-state index in [1.807, 2.05) is 62.4 Å². The standard InChI is InChI=1S/C23H20N4O5/c1-15-7-3-5-9-17(15)13-24-19-11-21(26(29)30)22(27(31)32)12-20(19)25(23(24)28)14-18-10-6-4-8-16(18)2/h3-12H,13-14H2,1-2H3. The van der Waals surface area contributed by atoms with Crippen molar-refractivity contribution < 1.29 is 9.85 Å². The minimum Gasteiger partial charge on any atom is -0.287 e. The van der Waals surface area contributed by atoms with E-state index >= 15 is 0 Å². The molecule has 1 heterocycles. The van der Waals surface area contributed by atoms with Gasteiger partial charge in [-0.1, -0.05) is 48.5 Å². The van der Waals surface area contributed by atoms with Crippen LogP contribution in [0.25, 0.3) is 11.0 Å². The van der Waals surface area contributed by atoms with Gasteiger partial charge >= 0.3 is 17.1 Å². The average molecular weight is 432 g/mol. The predicted octanol–water partition coefficient (Wildman–Crippen LogP) is 4.33. The van der Waals surface area contributed by atoms with Gasteiger partial charge in [-0.05, 0) is 36.1 Å². The molecule has 4 rings (SSSR count). The van der Waals surface area contributed by atoms with Crippen LogP contribution in [0.3, 0.4) is 0 Å². The maximum atomic E-state index is 13.5. The molecule has 0 atom stereocenters. The summed E-state index contributed by atoms with van der Waals surface area (Å²) in [6, 6.07) is 17.3. The van der Waals surface area contributed by atoms with Gasteiger partial charge in [-0.15, -0.1) is 0 Å². The number of aromatic nitrogens is 2. The Bertz CT molecular complexity index is 1330. The number of aryl methyl sites for hydroxylation is 2. The largest absolute Gasteiger partial charge is 0.348 e. The Morgan fingerprint density at radius 1 is 0.719 bits per heavy atom. The van der Waals surface area contributed by atoms with Crippen LogP contribution < -0.4 is 5.69 Å². The number of hydrogen-bond donors (Lipinski definition) is 0. The first-order valence-corrected chi connectivity index (χ1v) is 9.93. The summed E-state index contributed by atoms with van der Waals surface area (Å²) in [4.78, 5) is 34.9. The molecule has 0 aliphatic carbocycles. The van der Waals surface area contributed by atoms with Crippen molar-refractivity contribution in [1.82, 2.24) is 9.13 Å². The maximum absolute atomic E-state index is 13.5. The summed E-state index contributed by atoms with van der Waals surface area (Å²) in [5.74, 6) is 0. The monoisotopic (exact) mass is 432 g/mol. The molecule has 9 heteroatoms. The molecule has 0 unspecified atom stereocenters. The minimum absolute atomic E-state index is 0.192. The van der Waals surface area contributed by atoms with Crippen molar-refractivity contribution in [3.05, 3.63) is 114 Å². The van der Waals surface area contributed by atoms with E-state index < -0.39 is 21.2 Å². The summed E-state index contributed by atoms with van der Waals surface area (Å²) in [5.41, 5.74) is 2.58. The summed E-state index contributed by atoms with van der Waals surface area (Å²) >= 11 is 0. The zero-order valence-corrected chi connectivity index (χ0v) is 17.5. The third-order valence-electron chi connectivity index (χ3n) is 5.69. The van der Waals surface area contributed by atoms with Gasteiger partial charge < -0.3 is 0 Å². The number of nitro groups is 2. The molecule has 3 aromatic carbocycles. The molecule has 0 saturated heterocycles. The summed E-state index contributed by atoms with van der Waals surface area (Å²) < 4.78 is 2.87. The van der Waals surface area contributed by atoms with E-state index in [9.17, 15) is 25.0 Å². The summed E-state index contributed by atoms with van der Waals surface area (Å²) in [7, 11) is 0. The van der Waals surface area contributed by atoms with Crippen molar-refractivity contribution in [3.8, 4) is 0 Å². The number of imidazole rings is 1. The Labute approximate surface area is 182 Å². The molecule has 0 bridgehead atoms. The van der Waals surface area contributed by atoms with Gasteiger partial charge in [0.05, 0.1) is 34.0 Å². The lowest BCUT2D eigenvalue weighted by atomic mass is 10.1. The molecule has 4 aromatic rings. The SMILES string of the molecule is Cc1ccccc1Cn1c(=O)n(Cc2ccccc2C)c2cc([N+](=O)[O-])c([N+](=O)[O-])cc21. The van der Waals surface area contributed by atoms with Crippen LogP contribution in [-0.2, 0) is 13.1 Å². The van der Waals surface area contributed by atoms with E-state index in [0.29, 0.717) is 0 Å². The third kappa shape index (κ3) is 3.64. The normalized spacial score (nSPS) is 11.1. The van der Waals surface area contributed by atoms with Gasteiger partial charge in [0.25, 0.3) is 0 Å². The first kappa shape index (κ1) is 21.0. The van der Waals surface area contributed by atoms with Crippen LogP contribution in [0.5, 0.6) is 0 Å². The minimum atomic E-state index is -0.793. The average Bonchev–Trinajstić information content (AvgIpc) is 3.01. The van der Waals surface area contributed by atoms with Crippen LogP contribution in [0.2, 0.25) is 0 Å². The molecule has 9 nitrogen and oxygen atoms in total. The van der Waals surface area contributed by atoms with E-state index in [1.165, 1.54) is 9.13 Å². The second kappa shape index (κ2) is 8.10. The highest BCUT2D eigenvalue weighted by Gasteiger charge is 2.28. The molecule has 0 aliphatic rings. The fourth-order valence-corrected chi connectivity index (χ4v) is 3.85. The number of rotatable bonds is 6. The van der Waals surface area contributed by atoms with Crippen molar-refractivity contribution in [2.24, 2.45) is 0 Å². The van der Waals surface area contributed by atoms with Crippen LogP contribution >= 0.6 is 0 Å². The van der Waals surface area contributed by atoms with Gasteiger partial charge in [-0.3, -0.25) is 29.4 Å². The van der Waals surface area contributed by atoms with Gasteiger partial charge in [-0.25, -0.2) is 4.79 Å². The fourth-order valence-electron chi connectivity index (χ4n) is 3.85. The van der Waals surface area contributed by atoms with Gasteiger partial charge in [0.15, 0.2) is 0 Å². The third-order valence-corrected chi connectivity index (χ3v) is 5.69. The fraction of sp³-hybridized carbons (Fsp3) is 0.174. The summed E-state index contributed by atoms with van der Waals surface area (Å²) in [6.45, 7) is 4.22. The van der Waals surface area contributed by atoms with Crippen LogP contribution in [-0.4, -0.2) is 19.0 Å². The lowest BCUT2D eigenvalue weighted by molar-refractivity contribution is -0.422. The number of fused-ring (bicyclic) bond motifs is 1. The predicted molar refractivity (Wildman–Crippen MR) is 120 cm³/mol. The van der Waals surface area contributed by atoms with Crippen molar-refractivity contribution in [3.63, 3.8) is 0 Å². The van der Waals surface area contributed by atoms with Crippen LogP contribution in [0, 0.1) is 34.1 Å². The van der Waals surface area contributed by atoms with Crippen LogP contribution in [0.4, 0.5) is 11.4 Å². The molecule has 0 saturated carbocycles. The highest BCUT2D eigenvalue weighted by Crippen LogP contribution is 2.32. The molecular formula is C23H20N4O5. The van der Waals surface area contributed by atoms with Crippen molar-refractivity contribution in [2.75, 3.05) is 0 Å². The van der Waals surface area contributed by atoms with Crippen LogP contribution in [0.15, 0.2) is 65.5 Å². The van der Waals surface area contributed by atoms with Crippen LogP contribution in [0.1, 0.15) is 22.3 Å². The highest BCUT2D eigenvalue weighted by atomic mass is 16.6. The highest BCUT2D eigenvalue weighted by molar-refractivity contribution is 5.84. The van der Waals surface area contributed by atoms with Gasteiger partial charge in [0, 0.05) is 12.1 Å². The van der Waals surface area contributed by atoms with E-state index in [4.69, 9.17) is 0 Å². The Kier molecular flexibility index (Phi) is 5.31. The molecule has 32 heavy (non-hydrogen) atoms. The molecule has 0 spiro atoms. The van der Waals surface area contributed by atoms with E-state index in [2.05, 4.69) is 0 Å². The van der Waals surface area contributed by atoms with E-state index in [-0.39, 0.29) is 29.8 Å². The molecule has 0 amide bonds. The molecule has 162 valence electrons. The Hall–Kier alpha value is -4.27. The smallest absolute Gasteiger partial charge is 0.287 e. The van der Waals surface area contributed by atoms with Crippen molar-refractivity contribution >= 4 is 22.4 Å². The molecular weight excluding hydrogens is 412 g/mol. The lowest BCUT2D eigenvalue weighted by Crippen LogP contribution is -2.25. The Balaban J connectivity index is 2.00. The molecule has 0 fully saturated rings. The number of nitro benzene ring substituents is 2. The molecule has 1 aromatic heterocycles. The summed E-state index contributed by atoms with van der Waals surface area (Å²) in [6.07, 6.45) is 0. The molecule has 0 N–H and O–H groups in total. The zero-order valence-electron chi connectivity index (χ0n) is 17.5. The number of benzene rings is 3. The first-order valence-electron chi connectivity index (χ1n) is 9.93. The second-order valence-corrected chi connectivity index (χ2v) is 7.65. The second-order valence-electron chi connectivity index (χ2n) is 7.65. The first-order chi connectivity index (χ1) is 15.3. The summed E-state index contributed by atoms with van der Waals surface area (Å²) in [5, 5.41) is 23.1. The van der Waals surface area contributed by atoms with E-state index in [0.717, 1.165) is 34.4 Å². The Morgan fingerprint density at radius 3 is 1.44 bits per heavy atom. The van der Waals surface area contributed by atoms with Gasteiger partial charge in [0.2, 0.25) is 0 Å². The molecule has 0 aliphatic heterocycles. The lowest BCUT2D eigenvalue weighted by Gasteiger charge is -2.07.